The highest BCUT2D eigenvalue weighted by molar-refractivity contribution is 6.16. The van der Waals surface area contributed by atoms with E-state index in [0.29, 0.717) is 5.88 Å². The van der Waals surface area contributed by atoms with E-state index < -0.39 is 0 Å². The van der Waals surface area contributed by atoms with E-state index >= 15 is 0 Å². The van der Waals surface area contributed by atoms with Crippen LogP contribution in [0.5, 0.6) is 5.75 Å². The van der Waals surface area contributed by atoms with Gasteiger partial charge < -0.3 is 13.7 Å². The second kappa shape index (κ2) is 5.82. The molecule has 0 radical (unpaired) electrons. The van der Waals surface area contributed by atoms with Crippen molar-refractivity contribution in [3.05, 3.63) is 48.2 Å². The molecule has 2 aromatic heterocycles. The van der Waals surface area contributed by atoms with Crippen LogP contribution in [0.2, 0.25) is 0 Å². The van der Waals surface area contributed by atoms with Crippen LogP contribution in [0.3, 0.4) is 0 Å². The van der Waals surface area contributed by atoms with Crippen LogP contribution in [-0.4, -0.2) is 16.7 Å². The highest BCUT2D eigenvalue weighted by Crippen LogP contribution is 2.27. The van der Waals surface area contributed by atoms with Crippen LogP contribution in [0.25, 0.3) is 11.0 Å². The van der Waals surface area contributed by atoms with Gasteiger partial charge in [-0.15, -0.1) is 11.6 Å². The second-order valence-corrected chi connectivity index (χ2v) is 5.29. The van der Waals surface area contributed by atoms with Crippen molar-refractivity contribution >= 4 is 22.6 Å². The lowest BCUT2D eigenvalue weighted by Crippen LogP contribution is -2.10. The average Bonchev–Trinajstić information content (AvgIpc) is 3.12. The molecule has 1 atom stereocenters. The summed E-state index contributed by atoms with van der Waals surface area (Å²) >= 11 is 6.07. The van der Waals surface area contributed by atoms with E-state index in [1.807, 2.05) is 30.3 Å². The monoisotopic (exact) mass is 304 g/mol. The number of benzene rings is 1. The van der Waals surface area contributed by atoms with Crippen molar-refractivity contribution < 1.29 is 9.15 Å². The van der Waals surface area contributed by atoms with Crippen molar-refractivity contribution in [3.8, 4) is 5.75 Å². The third-order valence-corrected chi connectivity index (χ3v) is 3.85. The molecule has 3 rings (SSSR count). The predicted molar refractivity (Wildman–Crippen MR) is 83.0 cm³/mol. The number of halogens is 1. The van der Waals surface area contributed by atoms with Crippen molar-refractivity contribution in [1.82, 2.24) is 9.55 Å². The Morgan fingerprint density at radius 3 is 2.90 bits per heavy atom. The number of nitrogens with zero attached hydrogens (tertiary/aromatic N) is 2. The number of imidazole rings is 1. The molecule has 0 fully saturated rings. The molecule has 0 spiro atoms. The van der Waals surface area contributed by atoms with Crippen molar-refractivity contribution in [2.45, 2.75) is 25.3 Å². The molecule has 0 saturated heterocycles. The Balaban J connectivity index is 2.03. The number of hydrogen-bond donors (Lipinski definition) is 0. The van der Waals surface area contributed by atoms with Gasteiger partial charge in [0.1, 0.15) is 17.3 Å². The van der Waals surface area contributed by atoms with Gasteiger partial charge in [0.15, 0.2) is 0 Å². The number of ether oxygens (including phenoxy) is 1. The quantitative estimate of drug-likeness (QED) is 0.664. The zero-order valence-electron chi connectivity index (χ0n) is 12.0. The molecule has 1 unspecified atom stereocenters. The van der Waals surface area contributed by atoms with Gasteiger partial charge >= 0.3 is 0 Å². The summed E-state index contributed by atoms with van der Waals surface area (Å²) in [6, 6.07) is 10.00. The molecule has 0 bridgehead atoms. The molecule has 1 aromatic carbocycles. The molecule has 3 aromatic rings. The van der Waals surface area contributed by atoms with Gasteiger partial charge in [0.2, 0.25) is 0 Å². The normalized spacial score (nSPS) is 12.7. The van der Waals surface area contributed by atoms with Gasteiger partial charge in [-0.1, -0.05) is 0 Å². The van der Waals surface area contributed by atoms with Crippen LogP contribution in [0.4, 0.5) is 0 Å². The lowest BCUT2D eigenvalue weighted by Gasteiger charge is -2.16. The first kappa shape index (κ1) is 14.0. The number of rotatable bonds is 5. The Hall–Kier alpha value is -1.94. The lowest BCUT2D eigenvalue weighted by atomic mass is 10.2. The van der Waals surface area contributed by atoms with Crippen molar-refractivity contribution in [1.29, 1.82) is 0 Å². The summed E-state index contributed by atoms with van der Waals surface area (Å²) in [6.07, 6.45) is 2.50. The first-order valence-corrected chi connectivity index (χ1v) is 7.39. The minimum atomic E-state index is 0.211. The van der Waals surface area contributed by atoms with Gasteiger partial charge in [0.25, 0.3) is 0 Å². The molecule has 0 N–H and O–H groups in total. The number of furan rings is 1. The van der Waals surface area contributed by atoms with Crippen LogP contribution in [0, 0.1) is 0 Å². The molecule has 0 aliphatic rings. The van der Waals surface area contributed by atoms with E-state index in [4.69, 9.17) is 20.8 Å². The zero-order valence-corrected chi connectivity index (χ0v) is 12.8. The third kappa shape index (κ3) is 2.63. The van der Waals surface area contributed by atoms with E-state index in [2.05, 4.69) is 16.5 Å². The van der Waals surface area contributed by atoms with E-state index in [1.165, 1.54) is 0 Å². The summed E-state index contributed by atoms with van der Waals surface area (Å²) in [6.45, 7) is 2.14. The molecule has 0 aliphatic carbocycles. The van der Waals surface area contributed by atoms with Gasteiger partial charge in [-0.25, -0.2) is 4.98 Å². The largest absolute Gasteiger partial charge is 0.497 e. The van der Waals surface area contributed by atoms with Crippen LogP contribution in [0.15, 0.2) is 41.0 Å². The number of fused-ring (bicyclic) bond motifs is 1. The fourth-order valence-corrected chi connectivity index (χ4v) is 2.84. The van der Waals surface area contributed by atoms with Crippen molar-refractivity contribution in [3.63, 3.8) is 0 Å². The summed E-state index contributed by atoms with van der Waals surface area (Å²) in [4.78, 5) is 4.61. The number of aromatic nitrogens is 2. The summed E-state index contributed by atoms with van der Waals surface area (Å²) in [7, 11) is 1.65. The average molecular weight is 305 g/mol. The molecule has 5 heteroatoms. The Labute approximate surface area is 128 Å². The minimum Gasteiger partial charge on any atom is -0.497 e. The van der Waals surface area contributed by atoms with Crippen LogP contribution >= 0.6 is 11.6 Å². The van der Waals surface area contributed by atoms with Gasteiger partial charge in [-0.05, 0) is 31.2 Å². The molecular weight excluding hydrogens is 288 g/mol. The van der Waals surface area contributed by atoms with Crippen LogP contribution < -0.4 is 4.74 Å². The molecule has 0 saturated carbocycles. The molecule has 21 heavy (non-hydrogen) atoms. The van der Waals surface area contributed by atoms with Crippen LogP contribution in [-0.2, 0) is 12.3 Å². The fraction of sp³-hybridized carbons (Fsp3) is 0.312. The maximum atomic E-state index is 6.07. The fourth-order valence-electron chi connectivity index (χ4n) is 2.65. The predicted octanol–water partition coefficient (Wildman–Crippen LogP) is 4.18. The van der Waals surface area contributed by atoms with Gasteiger partial charge in [0, 0.05) is 18.5 Å². The molecule has 4 nitrogen and oxygen atoms in total. The molecular formula is C16H17ClN2O2. The highest BCUT2D eigenvalue weighted by Gasteiger charge is 2.17. The summed E-state index contributed by atoms with van der Waals surface area (Å²) in [5.74, 6) is 2.99. The van der Waals surface area contributed by atoms with Gasteiger partial charge in [-0.3, -0.25) is 0 Å². The number of alkyl halides is 1. The minimum absolute atomic E-state index is 0.211. The van der Waals surface area contributed by atoms with Crippen LogP contribution in [0.1, 0.15) is 24.6 Å². The van der Waals surface area contributed by atoms with Crippen molar-refractivity contribution in [2.24, 2.45) is 0 Å². The van der Waals surface area contributed by atoms with Gasteiger partial charge in [0.05, 0.1) is 30.3 Å². The molecule has 2 heterocycles. The Bertz CT molecular complexity index is 734. The van der Waals surface area contributed by atoms with Crippen molar-refractivity contribution in [2.75, 3.05) is 7.11 Å². The number of methoxy groups -OCH3 is 1. The second-order valence-electron chi connectivity index (χ2n) is 5.02. The maximum absolute atomic E-state index is 6.07. The van der Waals surface area contributed by atoms with E-state index in [1.54, 1.807) is 13.4 Å². The Morgan fingerprint density at radius 2 is 2.24 bits per heavy atom. The topological polar surface area (TPSA) is 40.2 Å². The standard InChI is InChI=1S/C16H17ClN2O2/c1-11(8-13-4-3-7-21-13)19-15-6-5-12(20-2)9-14(15)18-16(19)10-17/h3-7,9,11H,8,10H2,1-2H3. The molecule has 0 amide bonds. The Kier molecular flexibility index (Phi) is 3.88. The third-order valence-electron chi connectivity index (χ3n) is 3.61. The maximum Gasteiger partial charge on any atom is 0.125 e. The lowest BCUT2D eigenvalue weighted by molar-refractivity contribution is 0.415. The summed E-state index contributed by atoms with van der Waals surface area (Å²) in [5, 5.41) is 0. The van der Waals surface area contributed by atoms with Gasteiger partial charge in [-0.2, -0.15) is 0 Å². The SMILES string of the molecule is COc1ccc2c(c1)nc(CCl)n2C(C)Cc1ccco1. The van der Waals surface area contributed by atoms with E-state index in [0.717, 1.165) is 34.8 Å². The van der Waals surface area contributed by atoms with E-state index in [-0.39, 0.29) is 6.04 Å². The highest BCUT2D eigenvalue weighted by atomic mass is 35.5. The van der Waals surface area contributed by atoms with E-state index in [9.17, 15) is 0 Å². The molecule has 110 valence electrons. The smallest absolute Gasteiger partial charge is 0.125 e. The number of hydrogen-bond acceptors (Lipinski definition) is 3. The first-order chi connectivity index (χ1) is 10.2. The zero-order chi connectivity index (χ0) is 14.8. The Morgan fingerprint density at radius 1 is 1.38 bits per heavy atom. The summed E-state index contributed by atoms with van der Waals surface area (Å²) in [5.41, 5.74) is 1.96. The molecule has 0 aliphatic heterocycles. The summed E-state index contributed by atoms with van der Waals surface area (Å²) < 4.78 is 12.9. The first-order valence-electron chi connectivity index (χ1n) is 6.86.